The molecule has 1 aromatic heterocycles. The van der Waals surface area contributed by atoms with Crippen LogP contribution in [-0.2, 0) is 24.6 Å². The molecule has 0 aliphatic rings. The summed E-state index contributed by atoms with van der Waals surface area (Å²) in [5.41, 5.74) is 5.56. The maximum Gasteiger partial charge on any atom is 0.481 e. The summed E-state index contributed by atoms with van der Waals surface area (Å²) in [4.78, 5) is 32.8. The second-order valence-corrected chi connectivity index (χ2v) is 5.58. The van der Waals surface area contributed by atoms with Gasteiger partial charge in [0.05, 0.1) is 6.61 Å². The van der Waals surface area contributed by atoms with Gasteiger partial charge in [-0.25, -0.2) is 19.1 Å². The Hall–Kier alpha value is -0.860. The number of aromatic nitrogens is 2. The highest BCUT2D eigenvalue weighted by Crippen LogP contribution is 2.57. The Kier molecular flexibility index (Phi) is 4.34. The minimum absolute atomic E-state index is 0.0104. The molecule has 96 valence electrons. The molecule has 1 heterocycles. The van der Waals surface area contributed by atoms with Gasteiger partial charge in [0.2, 0.25) is 0 Å². The largest absolute Gasteiger partial charge is 0.481 e. The number of nitrogens with two attached hydrogens (primary N) is 1. The molecule has 0 aromatic carbocycles. The zero-order valence-corrected chi connectivity index (χ0v) is 9.99. The third-order valence-electron chi connectivity index (χ3n) is 1.42. The summed E-state index contributed by atoms with van der Waals surface area (Å²) in [6, 6.07) is 0. The standard InChI is InChI=1S/C5H9N3O7P2/c6-5-4(1-7-3-8-5)2-14-17(12,13)15-16(9,10)11/h1,3H,2H2,(H,12,13)(H2,6,7,8)(H2,9,10,11). The molecule has 0 amide bonds. The molecule has 1 unspecified atom stereocenters. The lowest BCUT2D eigenvalue weighted by Crippen LogP contribution is -2.01. The van der Waals surface area contributed by atoms with Crippen LogP contribution >= 0.6 is 15.6 Å². The molecule has 12 heteroatoms. The molecule has 1 aromatic rings. The molecule has 0 bridgehead atoms. The van der Waals surface area contributed by atoms with E-state index in [0.717, 1.165) is 6.33 Å². The van der Waals surface area contributed by atoms with E-state index < -0.39 is 22.3 Å². The van der Waals surface area contributed by atoms with E-state index in [1.54, 1.807) is 0 Å². The van der Waals surface area contributed by atoms with Crippen LogP contribution in [0.2, 0.25) is 0 Å². The Morgan fingerprint density at radius 2 is 2.00 bits per heavy atom. The zero-order chi connectivity index (χ0) is 13.1. The predicted octanol–water partition coefficient (Wildman–Crippen LogP) is -0.215. The SMILES string of the molecule is Nc1ncncc1COP(=O)(O)OP(=O)(O)O. The van der Waals surface area contributed by atoms with Gasteiger partial charge in [0.15, 0.2) is 0 Å². The Balaban J connectivity index is 2.65. The molecule has 17 heavy (non-hydrogen) atoms. The van der Waals surface area contributed by atoms with Crippen LogP contribution in [0.5, 0.6) is 0 Å². The summed E-state index contributed by atoms with van der Waals surface area (Å²) in [6.07, 6.45) is 2.38. The average Bonchev–Trinajstić information content (AvgIpc) is 2.13. The number of hydrogen-bond donors (Lipinski definition) is 4. The maximum absolute atomic E-state index is 11.1. The van der Waals surface area contributed by atoms with Gasteiger partial charge >= 0.3 is 15.6 Å². The molecule has 0 saturated carbocycles. The summed E-state index contributed by atoms with van der Waals surface area (Å²) in [7, 11) is -9.99. The third-order valence-corrected chi connectivity index (χ3v) is 3.55. The van der Waals surface area contributed by atoms with E-state index in [2.05, 4.69) is 18.8 Å². The third kappa shape index (κ3) is 5.33. The summed E-state index contributed by atoms with van der Waals surface area (Å²) >= 11 is 0. The van der Waals surface area contributed by atoms with Crippen molar-refractivity contribution in [3.63, 3.8) is 0 Å². The molecule has 0 radical (unpaired) electrons. The number of hydrogen-bond acceptors (Lipinski definition) is 7. The minimum atomic E-state index is -5.12. The zero-order valence-electron chi connectivity index (χ0n) is 8.20. The Morgan fingerprint density at radius 3 is 2.53 bits per heavy atom. The van der Waals surface area contributed by atoms with Gasteiger partial charge in [-0.1, -0.05) is 0 Å². The van der Waals surface area contributed by atoms with E-state index in [1.165, 1.54) is 6.20 Å². The Morgan fingerprint density at radius 1 is 1.35 bits per heavy atom. The molecule has 0 saturated heterocycles. The van der Waals surface area contributed by atoms with E-state index in [-0.39, 0.29) is 11.4 Å². The summed E-state index contributed by atoms with van der Waals surface area (Å²) < 4.78 is 29.3. The normalized spacial score (nSPS) is 15.5. The van der Waals surface area contributed by atoms with Crippen molar-refractivity contribution in [3.8, 4) is 0 Å². The smallest absolute Gasteiger partial charge is 0.383 e. The van der Waals surface area contributed by atoms with Gasteiger partial charge in [-0.3, -0.25) is 4.52 Å². The van der Waals surface area contributed by atoms with Gasteiger partial charge in [-0.05, 0) is 0 Å². The molecular weight excluding hydrogens is 276 g/mol. The van der Waals surface area contributed by atoms with Gasteiger partial charge in [0.25, 0.3) is 0 Å². The van der Waals surface area contributed by atoms with Crippen LogP contribution in [0, 0.1) is 0 Å². The number of phosphoric acid groups is 2. The van der Waals surface area contributed by atoms with Crippen LogP contribution < -0.4 is 5.73 Å². The highest BCUT2D eigenvalue weighted by atomic mass is 31.3. The maximum atomic E-state index is 11.1. The first-order valence-electron chi connectivity index (χ1n) is 3.98. The molecule has 1 rings (SSSR count). The van der Waals surface area contributed by atoms with Crippen molar-refractivity contribution in [1.29, 1.82) is 0 Å². The monoisotopic (exact) mass is 285 g/mol. The van der Waals surface area contributed by atoms with Crippen molar-refractivity contribution in [3.05, 3.63) is 18.1 Å². The van der Waals surface area contributed by atoms with Crippen molar-refractivity contribution in [2.45, 2.75) is 6.61 Å². The number of phosphoric ester groups is 1. The first kappa shape index (κ1) is 14.2. The molecule has 10 nitrogen and oxygen atoms in total. The second kappa shape index (κ2) is 5.19. The number of rotatable bonds is 5. The van der Waals surface area contributed by atoms with Crippen LogP contribution in [-0.4, -0.2) is 24.6 Å². The van der Waals surface area contributed by atoms with Crippen molar-refractivity contribution in [1.82, 2.24) is 9.97 Å². The molecule has 1 atom stereocenters. The lowest BCUT2D eigenvalue weighted by Gasteiger charge is -2.12. The van der Waals surface area contributed by atoms with Crippen LogP contribution in [0.4, 0.5) is 5.82 Å². The van der Waals surface area contributed by atoms with Crippen molar-refractivity contribution in [2.24, 2.45) is 0 Å². The van der Waals surface area contributed by atoms with E-state index >= 15 is 0 Å². The van der Waals surface area contributed by atoms with E-state index in [0.29, 0.717) is 0 Å². The summed E-state index contributed by atoms with van der Waals surface area (Å²) in [5.74, 6) is 0.0104. The van der Waals surface area contributed by atoms with Crippen LogP contribution in [0.15, 0.2) is 12.5 Å². The van der Waals surface area contributed by atoms with Crippen LogP contribution in [0.1, 0.15) is 5.56 Å². The minimum Gasteiger partial charge on any atom is -0.383 e. The fourth-order valence-corrected chi connectivity index (χ4v) is 2.35. The van der Waals surface area contributed by atoms with Crippen LogP contribution in [0.3, 0.4) is 0 Å². The van der Waals surface area contributed by atoms with Gasteiger partial charge in [0.1, 0.15) is 12.1 Å². The number of nitrogens with zero attached hydrogens (tertiary/aromatic N) is 2. The van der Waals surface area contributed by atoms with E-state index in [4.69, 9.17) is 20.4 Å². The fourth-order valence-electron chi connectivity index (χ4n) is 0.788. The number of anilines is 1. The summed E-state index contributed by atoms with van der Waals surface area (Å²) in [5, 5.41) is 0. The molecule has 5 N–H and O–H groups in total. The van der Waals surface area contributed by atoms with Crippen molar-refractivity contribution < 1.29 is 32.6 Å². The highest BCUT2D eigenvalue weighted by molar-refractivity contribution is 7.60. The molecule has 0 spiro atoms. The summed E-state index contributed by atoms with van der Waals surface area (Å²) in [6.45, 7) is -0.527. The van der Waals surface area contributed by atoms with Gasteiger partial charge in [-0.15, -0.1) is 0 Å². The predicted molar refractivity (Wildman–Crippen MR) is 54.2 cm³/mol. The first-order valence-corrected chi connectivity index (χ1v) is 7.01. The molecule has 0 aliphatic heterocycles. The average molecular weight is 285 g/mol. The van der Waals surface area contributed by atoms with Gasteiger partial charge in [-0.2, -0.15) is 4.31 Å². The molecule has 0 fully saturated rings. The van der Waals surface area contributed by atoms with Crippen molar-refractivity contribution in [2.75, 3.05) is 5.73 Å². The van der Waals surface area contributed by atoms with Crippen molar-refractivity contribution >= 4 is 21.5 Å². The first-order chi connectivity index (χ1) is 7.70. The van der Waals surface area contributed by atoms with Gasteiger partial charge in [0, 0.05) is 11.8 Å². The Bertz CT molecular complexity index is 488. The molecule has 0 aliphatic carbocycles. The quantitative estimate of drug-likeness (QED) is 0.531. The molecular formula is C5H9N3O7P2. The fraction of sp³-hybridized carbons (Fsp3) is 0.200. The highest BCUT2D eigenvalue weighted by Gasteiger charge is 2.32. The topological polar surface area (TPSA) is 165 Å². The Labute approximate surface area is 95.3 Å². The lowest BCUT2D eigenvalue weighted by molar-refractivity contribution is 0.172. The van der Waals surface area contributed by atoms with E-state index in [1.807, 2.05) is 0 Å². The number of nitrogen functional groups attached to an aromatic ring is 1. The van der Waals surface area contributed by atoms with E-state index in [9.17, 15) is 9.13 Å². The second-order valence-electron chi connectivity index (χ2n) is 2.75. The lowest BCUT2D eigenvalue weighted by atomic mass is 10.3. The van der Waals surface area contributed by atoms with Gasteiger partial charge < -0.3 is 20.4 Å². The van der Waals surface area contributed by atoms with Crippen LogP contribution in [0.25, 0.3) is 0 Å².